The van der Waals surface area contributed by atoms with Crippen molar-refractivity contribution in [2.24, 2.45) is 0 Å². The summed E-state index contributed by atoms with van der Waals surface area (Å²) in [5.41, 5.74) is 3.26. The molecule has 28 heavy (non-hydrogen) atoms. The lowest BCUT2D eigenvalue weighted by Gasteiger charge is -2.30. The molecule has 5 heteroatoms. The summed E-state index contributed by atoms with van der Waals surface area (Å²) in [5.74, 6) is 0.292. The van der Waals surface area contributed by atoms with Gasteiger partial charge in [0.15, 0.2) is 6.61 Å². The largest absolute Gasteiger partial charge is 0.484 e. The molecule has 150 valence electrons. The summed E-state index contributed by atoms with van der Waals surface area (Å²) in [6.07, 6.45) is 0.536. The molecule has 0 fully saturated rings. The minimum Gasteiger partial charge on any atom is -0.484 e. The summed E-state index contributed by atoms with van der Waals surface area (Å²) in [6, 6.07) is 15.0. The fraction of sp³-hybridized carbons (Fsp3) is 0.391. The van der Waals surface area contributed by atoms with Crippen LogP contribution in [0.25, 0.3) is 0 Å². The first-order valence-corrected chi connectivity index (χ1v) is 9.76. The normalized spacial score (nSPS) is 11.6. The maximum atomic E-state index is 13.0. The van der Waals surface area contributed by atoms with Crippen molar-refractivity contribution in [2.45, 2.75) is 46.7 Å². The van der Waals surface area contributed by atoms with Crippen molar-refractivity contribution in [2.75, 3.05) is 13.2 Å². The second-order valence-electron chi connectivity index (χ2n) is 6.93. The second kappa shape index (κ2) is 10.5. The number of hydrogen-bond donors (Lipinski definition) is 1. The van der Waals surface area contributed by atoms with Crippen molar-refractivity contribution in [3.05, 3.63) is 65.2 Å². The lowest BCUT2D eigenvalue weighted by atomic mass is 10.1. The van der Waals surface area contributed by atoms with Crippen LogP contribution >= 0.6 is 0 Å². The average Bonchev–Trinajstić information content (AvgIpc) is 2.69. The van der Waals surface area contributed by atoms with Crippen LogP contribution in [-0.2, 0) is 16.1 Å². The molecule has 0 bridgehead atoms. The van der Waals surface area contributed by atoms with Gasteiger partial charge in [0.1, 0.15) is 11.8 Å². The third kappa shape index (κ3) is 6.12. The van der Waals surface area contributed by atoms with Crippen LogP contribution in [0.3, 0.4) is 0 Å². The van der Waals surface area contributed by atoms with Crippen molar-refractivity contribution < 1.29 is 14.3 Å². The van der Waals surface area contributed by atoms with Gasteiger partial charge in [-0.2, -0.15) is 0 Å². The van der Waals surface area contributed by atoms with Crippen LogP contribution in [0.1, 0.15) is 37.0 Å². The molecule has 0 heterocycles. The van der Waals surface area contributed by atoms with E-state index in [9.17, 15) is 9.59 Å². The molecular weight excluding hydrogens is 352 g/mol. The molecule has 0 aliphatic heterocycles. The first-order chi connectivity index (χ1) is 13.4. The van der Waals surface area contributed by atoms with Gasteiger partial charge in [-0.1, -0.05) is 54.4 Å². The Labute approximate surface area is 167 Å². The van der Waals surface area contributed by atoms with Crippen molar-refractivity contribution in [3.63, 3.8) is 0 Å². The zero-order chi connectivity index (χ0) is 20.5. The van der Waals surface area contributed by atoms with Gasteiger partial charge in [0.2, 0.25) is 5.91 Å². The number of hydrogen-bond acceptors (Lipinski definition) is 3. The zero-order valence-corrected chi connectivity index (χ0v) is 17.2. The Morgan fingerprint density at radius 1 is 0.964 bits per heavy atom. The minimum absolute atomic E-state index is 0.106. The van der Waals surface area contributed by atoms with Crippen LogP contribution < -0.4 is 10.1 Å². The first kappa shape index (κ1) is 21.5. The van der Waals surface area contributed by atoms with E-state index in [0.717, 1.165) is 16.7 Å². The first-order valence-electron chi connectivity index (χ1n) is 9.76. The zero-order valence-electron chi connectivity index (χ0n) is 17.2. The smallest absolute Gasteiger partial charge is 0.261 e. The Hall–Kier alpha value is -2.82. The summed E-state index contributed by atoms with van der Waals surface area (Å²) in [6.45, 7) is 8.59. The van der Waals surface area contributed by atoms with Gasteiger partial charge in [0, 0.05) is 13.1 Å². The Bertz CT molecular complexity index is 769. The number of nitrogens with one attached hydrogen (secondary N) is 1. The van der Waals surface area contributed by atoms with E-state index < -0.39 is 6.04 Å². The Morgan fingerprint density at radius 2 is 1.54 bits per heavy atom. The summed E-state index contributed by atoms with van der Waals surface area (Å²) >= 11 is 0. The predicted molar refractivity (Wildman–Crippen MR) is 111 cm³/mol. The molecule has 1 atom stereocenters. The Morgan fingerprint density at radius 3 is 2.07 bits per heavy atom. The number of carbonyl (C=O) groups excluding carboxylic acids is 2. The molecule has 0 saturated carbocycles. The second-order valence-corrected chi connectivity index (χ2v) is 6.93. The molecular formula is C23H30N2O3. The summed E-state index contributed by atoms with van der Waals surface area (Å²) in [7, 11) is 0. The fourth-order valence-electron chi connectivity index (χ4n) is 2.96. The summed E-state index contributed by atoms with van der Waals surface area (Å²) < 4.78 is 5.67. The molecule has 0 aliphatic rings. The van der Waals surface area contributed by atoms with E-state index in [1.165, 1.54) is 0 Å². The fourth-order valence-corrected chi connectivity index (χ4v) is 2.96. The van der Waals surface area contributed by atoms with Gasteiger partial charge in [-0.05, 0) is 44.9 Å². The minimum atomic E-state index is -0.532. The lowest BCUT2D eigenvalue weighted by Crippen LogP contribution is -2.50. The molecule has 0 aliphatic carbocycles. The number of likely N-dealkylation sites (N-methyl/N-ethyl adjacent to an activating group) is 1. The predicted octanol–water partition coefficient (Wildman–Crippen LogP) is 3.63. The number of nitrogens with zero attached hydrogens (tertiary/aromatic N) is 1. The van der Waals surface area contributed by atoms with Crippen molar-refractivity contribution in [1.82, 2.24) is 10.2 Å². The highest BCUT2D eigenvalue weighted by Gasteiger charge is 2.28. The highest BCUT2D eigenvalue weighted by atomic mass is 16.5. The third-order valence-corrected chi connectivity index (χ3v) is 4.59. The van der Waals surface area contributed by atoms with E-state index in [4.69, 9.17) is 4.74 Å². The van der Waals surface area contributed by atoms with E-state index in [-0.39, 0.29) is 18.4 Å². The number of ether oxygens (including phenoxy) is 1. The molecule has 2 rings (SSSR count). The van der Waals surface area contributed by atoms with E-state index in [1.807, 2.05) is 76.2 Å². The third-order valence-electron chi connectivity index (χ3n) is 4.59. The molecule has 5 nitrogen and oxygen atoms in total. The average molecular weight is 383 g/mol. The van der Waals surface area contributed by atoms with Gasteiger partial charge < -0.3 is 15.0 Å². The molecule has 2 aromatic rings. The van der Waals surface area contributed by atoms with E-state index in [2.05, 4.69) is 5.32 Å². The molecule has 2 aromatic carbocycles. The van der Waals surface area contributed by atoms with Crippen LogP contribution in [0, 0.1) is 13.8 Å². The van der Waals surface area contributed by atoms with Gasteiger partial charge in [-0.15, -0.1) is 0 Å². The molecule has 0 spiro atoms. The van der Waals surface area contributed by atoms with Gasteiger partial charge in [0.05, 0.1) is 0 Å². The lowest BCUT2D eigenvalue weighted by molar-refractivity contribution is -0.142. The maximum Gasteiger partial charge on any atom is 0.261 e. The van der Waals surface area contributed by atoms with E-state index in [1.54, 1.807) is 4.90 Å². The van der Waals surface area contributed by atoms with Crippen LogP contribution in [0.15, 0.2) is 48.5 Å². The van der Waals surface area contributed by atoms with Crippen LogP contribution in [0.5, 0.6) is 5.75 Å². The molecule has 0 saturated heterocycles. The van der Waals surface area contributed by atoms with Gasteiger partial charge >= 0.3 is 0 Å². The summed E-state index contributed by atoms with van der Waals surface area (Å²) in [5, 5.41) is 2.83. The monoisotopic (exact) mass is 382 g/mol. The standard InChI is InChI=1S/C23H30N2O3/c1-5-21(23(27)24-6-2)25(15-19-11-7-17(3)8-12-19)22(26)16-28-20-13-9-18(4)10-14-20/h7-14,21H,5-6,15-16H2,1-4H3,(H,24,27)/t21-/m1/s1. The highest BCUT2D eigenvalue weighted by Crippen LogP contribution is 2.15. The van der Waals surface area contributed by atoms with E-state index in [0.29, 0.717) is 25.3 Å². The summed E-state index contributed by atoms with van der Waals surface area (Å²) in [4.78, 5) is 27.1. The maximum absolute atomic E-state index is 13.0. The quantitative estimate of drug-likeness (QED) is 0.721. The van der Waals surface area contributed by atoms with Gasteiger partial charge in [0.25, 0.3) is 5.91 Å². The SMILES string of the molecule is CCNC(=O)[C@@H](CC)N(Cc1ccc(C)cc1)C(=O)COc1ccc(C)cc1. The van der Waals surface area contributed by atoms with Gasteiger partial charge in [-0.3, -0.25) is 9.59 Å². The number of carbonyl (C=O) groups is 2. The molecule has 0 radical (unpaired) electrons. The van der Waals surface area contributed by atoms with Crippen LogP contribution in [-0.4, -0.2) is 35.9 Å². The number of amides is 2. The molecule has 0 unspecified atom stereocenters. The Kier molecular flexibility index (Phi) is 8.05. The number of rotatable bonds is 9. The van der Waals surface area contributed by atoms with Crippen LogP contribution in [0.2, 0.25) is 0 Å². The topological polar surface area (TPSA) is 58.6 Å². The molecule has 1 N–H and O–H groups in total. The number of aryl methyl sites for hydroxylation is 2. The van der Waals surface area contributed by atoms with Crippen molar-refractivity contribution in [1.29, 1.82) is 0 Å². The van der Waals surface area contributed by atoms with Crippen molar-refractivity contribution in [3.8, 4) is 5.75 Å². The van der Waals surface area contributed by atoms with Gasteiger partial charge in [-0.25, -0.2) is 0 Å². The van der Waals surface area contributed by atoms with Crippen LogP contribution in [0.4, 0.5) is 0 Å². The number of benzene rings is 2. The Balaban J connectivity index is 2.16. The van der Waals surface area contributed by atoms with E-state index >= 15 is 0 Å². The molecule has 0 aromatic heterocycles. The molecule has 2 amide bonds. The van der Waals surface area contributed by atoms with Crippen molar-refractivity contribution >= 4 is 11.8 Å². The highest BCUT2D eigenvalue weighted by molar-refractivity contribution is 5.88.